The average Bonchev–Trinajstić information content (AvgIpc) is 2.71. The number of aromatic nitrogens is 1. The third kappa shape index (κ3) is 1.75. The Bertz CT molecular complexity index is 346. The van der Waals surface area contributed by atoms with Crippen LogP contribution in [0.25, 0.3) is 0 Å². The summed E-state index contributed by atoms with van der Waals surface area (Å²) >= 11 is 0. The summed E-state index contributed by atoms with van der Waals surface area (Å²) in [6.07, 6.45) is 3.72. The molecule has 0 spiro atoms. The van der Waals surface area contributed by atoms with Crippen molar-refractivity contribution in [2.24, 2.45) is 0 Å². The first kappa shape index (κ1) is 9.15. The van der Waals surface area contributed by atoms with Gasteiger partial charge < -0.3 is 10.4 Å². The first-order chi connectivity index (χ1) is 6.77. The van der Waals surface area contributed by atoms with Gasteiger partial charge in [0.15, 0.2) is 0 Å². The van der Waals surface area contributed by atoms with E-state index in [4.69, 9.17) is 5.11 Å². The smallest absolute Gasteiger partial charge is 0.335 e. The second-order valence-corrected chi connectivity index (χ2v) is 3.42. The number of rotatable bonds is 2. The van der Waals surface area contributed by atoms with Crippen molar-refractivity contribution in [3.8, 4) is 0 Å². The molecule has 1 saturated heterocycles. The van der Waals surface area contributed by atoms with Gasteiger partial charge in [-0.2, -0.15) is 0 Å². The Balaban J connectivity index is 2.25. The first-order valence-corrected chi connectivity index (χ1v) is 4.70. The molecule has 2 N–H and O–H groups in total. The van der Waals surface area contributed by atoms with Gasteiger partial charge in [0, 0.05) is 12.2 Å². The quantitative estimate of drug-likeness (QED) is 0.739. The number of pyridine rings is 1. The fourth-order valence-electron chi connectivity index (χ4n) is 1.71. The van der Waals surface area contributed by atoms with Gasteiger partial charge in [0.1, 0.15) is 0 Å². The standard InChI is InChI=1S/C10H12N2O2/c13-10(14)7-3-5-12-9(6-7)8-2-1-4-11-8/h3,5-6,8,11H,1-2,4H2,(H,13,14). The predicted octanol–water partition coefficient (Wildman–Crippen LogP) is 1.20. The molecule has 74 valence electrons. The highest BCUT2D eigenvalue weighted by Crippen LogP contribution is 2.21. The number of hydrogen-bond donors (Lipinski definition) is 2. The second-order valence-electron chi connectivity index (χ2n) is 3.42. The van der Waals surface area contributed by atoms with Crippen molar-refractivity contribution in [1.29, 1.82) is 0 Å². The first-order valence-electron chi connectivity index (χ1n) is 4.70. The van der Waals surface area contributed by atoms with E-state index in [2.05, 4.69) is 10.3 Å². The van der Waals surface area contributed by atoms with Crippen LogP contribution in [-0.4, -0.2) is 22.6 Å². The maximum Gasteiger partial charge on any atom is 0.335 e. The van der Waals surface area contributed by atoms with E-state index in [0.717, 1.165) is 25.1 Å². The molecule has 4 nitrogen and oxygen atoms in total. The summed E-state index contributed by atoms with van der Waals surface area (Å²) in [4.78, 5) is 14.9. The number of carboxylic acid groups (broad SMARTS) is 1. The molecular formula is C10H12N2O2. The Morgan fingerprint density at radius 2 is 2.50 bits per heavy atom. The van der Waals surface area contributed by atoms with Crippen molar-refractivity contribution in [1.82, 2.24) is 10.3 Å². The van der Waals surface area contributed by atoms with Gasteiger partial charge in [0.2, 0.25) is 0 Å². The minimum Gasteiger partial charge on any atom is -0.478 e. The molecule has 0 aliphatic carbocycles. The van der Waals surface area contributed by atoms with Crippen LogP contribution in [0.15, 0.2) is 18.3 Å². The fourth-order valence-corrected chi connectivity index (χ4v) is 1.71. The minimum atomic E-state index is -0.897. The normalized spacial score (nSPS) is 21.0. The average molecular weight is 192 g/mol. The van der Waals surface area contributed by atoms with E-state index >= 15 is 0 Å². The van der Waals surface area contributed by atoms with E-state index < -0.39 is 5.97 Å². The molecule has 1 unspecified atom stereocenters. The van der Waals surface area contributed by atoms with Crippen LogP contribution in [0, 0.1) is 0 Å². The van der Waals surface area contributed by atoms with Crippen molar-refractivity contribution >= 4 is 5.97 Å². The Labute approximate surface area is 82.0 Å². The van der Waals surface area contributed by atoms with Gasteiger partial charge >= 0.3 is 5.97 Å². The molecule has 0 amide bonds. The Hall–Kier alpha value is -1.42. The van der Waals surface area contributed by atoms with Gasteiger partial charge in [-0.15, -0.1) is 0 Å². The SMILES string of the molecule is O=C(O)c1ccnc(C2CCCN2)c1. The number of carbonyl (C=O) groups is 1. The largest absolute Gasteiger partial charge is 0.478 e. The molecule has 0 radical (unpaired) electrons. The monoisotopic (exact) mass is 192 g/mol. The molecule has 0 saturated carbocycles. The van der Waals surface area contributed by atoms with E-state index in [1.54, 1.807) is 12.3 Å². The number of nitrogens with one attached hydrogen (secondary N) is 1. The molecular weight excluding hydrogens is 180 g/mol. The van der Waals surface area contributed by atoms with Crippen LogP contribution in [0.5, 0.6) is 0 Å². The zero-order valence-electron chi connectivity index (χ0n) is 7.73. The topological polar surface area (TPSA) is 62.2 Å². The van der Waals surface area contributed by atoms with Gasteiger partial charge in [-0.3, -0.25) is 4.98 Å². The van der Waals surface area contributed by atoms with E-state index in [1.165, 1.54) is 6.07 Å². The molecule has 0 aromatic carbocycles. The van der Waals surface area contributed by atoms with Crippen molar-refractivity contribution in [2.45, 2.75) is 18.9 Å². The van der Waals surface area contributed by atoms with E-state index in [9.17, 15) is 4.79 Å². The van der Waals surface area contributed by atoms with Gasteiger partial charge in [-0.1, -0.05) is 0 Å². The zero-order valence-corrected chi connectivity index (χ0v) is 7.73. The summed E-state index contributed by atoms with van der Waals surface area (Å²) in [5.41, 5.74) is 1.14. The van der Waals surface area contributed by atoms with Gasteiger partial charge in [0.25, 0.3) is 0 Å². The molecule has 4 heteroatoms. The summed E-state index contributed by atoms with van der Waals surface area (Å²) in [5.74, 6) is -0.897. The molecule has 1 aromatic rings. The molecule has 1 atom stereocenters. The lowest BCUT2D eigenvalue weighted by Gasteiger charge is -2.09. The van der Waals surface area contributed by atoms with Gasteiger partial charge in [-0.25, -0.2) is 4.79 Å². The van der Waals surface area contributed by atoms with Crippen molar-refractivity contribution < 1.29 is 9.90 Å². The van der Waals surface area contributed by atoms with E-state index in [-0.39, 0.29) is 6.04 Å². The lowest BCUT2D eigenvalue weighted by molar-refractivity contribution is 0.0696. The lowest BCUT2D eigenvalue weighted by Crippen LogP contribution is -2.14. The predicted molar refractivity (Wildman–Crippen MR) is 51.2 cm³/mol. The molecule has 1 fully saturated rings. The molecule has 1 aliphatic heterocycles. The molecule has 0 bridgehead atoms. The highest BCUT2D eigenvalue weighted by atomic mass is 16.4. The maximum absolute atomic E-state index is 10.7. The van der Waals surface area contributed by atoms with Crippen molar-refractivity contribution in [3.05, 3.63) is 29.6 Å². The van der Waals surface area contributed by atoms with Crippen LogP contribution in [0.1, 0.15) is 34.9 Å². The summed E-state index contributed by atoms with van der Waals surface area (Å²) in [6.45, 7) is 0.990. The molecule has 1 aromatic heterocycles. The third-order valence-electron chi connectivity index (χ3n) is 2.45. The fraction of sp³-hybridized carbons (Fsp3) is 0.400. The Morgan fingerprint density at radius 1 is 1.64 bits per heavy atom. The van der Waals surface area contributed by atoms with E-state index in [1.807, 2.05) is 0 Å². The third-order valence-corrected chi connectivity index (χ3v) is 2.45. The zero-order chi connectivity index (χ0) is 9.97. The van der Waals surface area contributed by atoms with Crippen LogP contribution >= 0.6 is 0 Å². The van der Waals surface area contributed by atoms with Crippen LogP contribution < -0.4 is 5.32 Å². The number of nitrogens with zero attached hydrogens (tertiary/aromatic N) is 1. The minimum absolute atomic E-state index is 0.231. The number of carboxylic acids is 1. The van der Waals surface area contributed by atoms with E-state index in [0.29, 0.717) is 5.56 Å². The van der Waals surface area contributed by atoms with Crippen LogP contribution in [-0.2, 0) is 0 Å². The highest BCUT2D eigenvalue weighted by molar-refractivity contribution is 5.87. The number of aromatic carboxylic acids is 1. The molecule has 2 rings (SSSR count). The second kappa shape index (κ2) is 3.75. The number of hydrogen-bond acceptors (Lipinski definition) is 3. The highest BCUT2D eigenvalue weighted by Gasteiger charge is 2.18. The lowest BCUT2D eigenvalue weighted by atomic mass is 10.1. The Morgan fingerprint density at radius 3 is 3.14 bits per heavy atom. The summed E-state index contributed by atoms with van der Waals surface area (Å²) in [6, 6.07) is 3.39. The van der Waals surface area contributed by atoms with Crippen molar-refractivity contribution in [3.63, 3.8) is 0 Å². The molecule has 14 heavy (non-hydrogen) atoms. The molecule has 2 heterocycles. The summed E-state index contributed by atoms with van der Waals surface area (Å²) in [5, 5.41) is 12.1. The Kier molecular flexibility index (Phi) is 2.45. The van der Waals surface area contributed by atoms with Crippen molar-refractivity contribution in [2.75, 3.05) is 6.54 Å². The van der Waals surface area contributed by atoms with Crippen LogP contribution in [0.3, 0.4) is 0 Å². The van der Waals surface area contributed by atoms with Crippen LogP contribution in [0.4, 0.5) is 0 Å². The maximum atomic E-state index is 10.7. The summed E-state index contributed by atoms with van der Waals surface area (Å²) < 4.78 is 0. The summed E-state index contributed by atoms with van der Waals surface area (Å²) in [7, 11) is 0. The van der Waals surface area contributed by atoms with Crippen LogP contribution in [0.2, 0.25) is 0 Å². The molecule has 1 aliphatic rings. The van der Waals surface area contributed by atoms with Gasteiger partial charge in [-0.05, 0) is 31.5 Å². The van der Waals surface area contributed by atoms with Gasteiger partial charge in [0.05, 0.1) is 11.3 Å².